The molecule has 0 amide bonds. The van der Waals surface area contributed by atoms with Crippen molar-refractivity contribution in [3.63, 3.8) is 0 Å². The van der Waals surface area contributed by atoms with Crippen molar-refractivity contribution in [3.05, 3.63) is 17.1 Å². The van der Waals surface area contributed by atoms with Crippen LogP contribution in [-0.2, 0) is 0 Å². The number of thiazole rings is 1. The molecule has 4 heteroatoms. The molecule has 108 valence electrons. The van der Waals surface area contributed by atoms with Crippen molar-refractivity contribution in [2.75, 3.05) is 5.73 Å². The molecule has 3 rings (SSSR count). The molecular weight excluding hydrogens is 268 g/mol. The minimum Gasteiger partial charge on any atom is -0.488 e. The topological polar surface area (TPSA) is 48.1 Å². The zero-order valence-electron chi connectivity index (χ0n) is 12.3. The summed E-state index contributed by atoms with van der Waals surface area (Å²) in [5.41, 5.74) is 7.85. The highest BCUT2D eigenvalue weighted by atomic mass is 32.1. The molecule has 1 aliphatic rings. The van der Waals surface area contributed by atoms with Crippen LogP contribution in [0.15, 0.2) is 12.1 Å². The van der Waals surface area contributed by atoms with E-state index in [0.717, 1.165) is 51.3 Å². The lowest BCUT2D eigenvalue weighted by Gasteiger charge is -2.32. The van der Waals surface area contributed by atoms with Crippen LogP contribution in [0.5, 0.6) is 5.75 Å². The van der Waals surface area contributed by atoms with Gasteiger partial charge in [-0.1, -0.05) is 13.8 Å². The largest absolute Gasteiger partial charge is 0.488 e. The van der Waals surface area contributed by atoms with Gasteiger partial charge in [-0.3, -0.25) is 0 Å². The molecule has 1 aromatic heterocycles. The third-order valence-electron chi connectivity index (χ3n) is 4.47. The number of rotatable bonds is 2. The van der Waals surface area contributed by atoms with Crippen LogP contribution >= 0.6 is 11.3 Å². The predicted octanol–water partition coefficient (Wildman–Crippen LogP) is 4.39. The van der Waals surface area contributed by atoms with E-state index in [1.807, 2.05) is 19.1 Å². The van der Waals surface area contributed by atoms with E-state index in [1.54, 1.807) is 11.3 Å². The maximum Gasteiger partial charge on any atom is 0.144 e. The number of benzene rings is 1. The zero-order chi connectivity index (χ0) is 14.3. The van der Waals surface area contributed by atoms with E-state index in [0.29, 0.717) is 6.10 Å². The fraction of sp³-hybridized carbons (Fsp3) is 0.562. The SMILES string of the molecule is Cc1nc2cc(OC3CCC(C)C(C)C3)c(N)cc2s1. The van der Waals surface area contributed by atoms with Gasteiger partial charge in [0.1, 0.15) is 5.75 Å². The normalized spacial score (nSPS) is 26.9. The predicted molar refractivity (Wildman–Crippen MR) is 85.4 cm³/mol. The van der Waals surface area contributed by atoms with Gasteiger partial charge in [0.05, 0.1) is 27.0 Å². The summed E-state index contributed by atoms with van der Waals surface area (Å²) < 4.78 is 7.30. The number of aryl methyl sites for hydroxylation is 1. The monoisotopic (exact) mass is 290 g/mol. The number of hydrogen-bond donors (Lipinski definition) is 1. The first kappa shape index (κ1) is 13.7. The average Bonchev–Trinajstić information content (AvgIpc) is 2.73. The van der Waals surface area contributed by atoms with Crippen molar-refractivity contribution in [1.29, 1.82) is 0 Å². The third kappa shape index (κ3) is 2.62. The van der Waals surface area contributed by atoms with Gasteiger partial charge >= 0.3 is 0 Å². The fourth-order valence-corrected chi connectivity index (χ4v) is 3.83. The summed E-state index contributed by atoms with van der Waals surface area (Å²) in [5, 5.41) is 1.07. The first-order chi connectivity index (χ1) is 9.52. The Labute approximate surface area is 124 Å². The molecule has 3 unspecified atom stereocenters. The molecule has 1 heterocycles. The van der Waals surface area contributed by atoms with Crippen molar-refractivity contribution in [2.24, 2.45) is 11.8 Å². The number of anilines is 1. The Kier molecular flexibility index (Phi) is 3.59. The number of aromatic nitrogens is 1. The highest BCUT2D eigenvalue weighted by Crippen LogP contribution is 2.36. The minimum absolute atomic E-state index is 0.292. The van der Waals surface area contributed by atoms with Gasteiger partial charge in [0.25, 0.3) is 0 Å². The lowest BCUT2D eigenvalue weighted by atomic mass is 9.80. The average molecular weight is 290 g/mol. The molecule has 0 spiro atoms. The molecule has 20 heavy (non-hydrogen) atoms. The molecule has 0 aliphatic heterocycles. The quantitative estimate of drug-likeness (QED) is 0.834. The number of nitrogen functional groups attached to an aromatic ring is 1. The number of hydrogen-bond acceptors (Lipinski definition) is 4. The van der Waals surface area contributed by atoms with E-state index in [9.17, 15) is 0 Å². The maximum absolute atomic E-state index is 6.16. The molecular formula is C16H22N2OS. The summed E-state index contributed by atoms with van der Waals surface area (Å²) >= 11 is 1.68. The van der Waals surface area contributed by atoms with Crippen LogP contribution in [0.1, 0.15) is 38.1 Å². The second kappa shape index (κ2) is 5.24. The highest BCUT2D eigenvalue weighted by Gasteiger charge is 2.26. The first-order valence-corrected chi connectivity index (χ1v) is 8.18. The molecule has 1 aromatic carbocycles. The Morgan fingerprint density at radius 1 is 1.25 bits per heavy atom. The van der Waals surface area contributed by atoms with Crippen LogP contribution in [0.2, 0.25) is 0 Å². The van der Waals surface area contributed by atoms with Gasteiger partial charge in [-0.15, -0.1) is 11.3 Å². The standard InChI is InChI=1S/C16H22N2OS/c1-9-4-5-12(6-10(9)2)19-15-8-14-16(7-13(15)17)20-11(3)18-14/h7-10,12H,4-6,17H2,1-3H3. The maximum atomic E-state index is 6.16. The number of ether oxygens (including phenoxy) is 1. The smallest absolute Gasteiger partial charge is 0.144 e. The summed E-state index contributed by atoms with van der Waals surface area (Å²) in [6.07, 6.45) is 3.78. The van der Waals surface area contributed by atoms with Crippen molar-refractivity contribution >= 4 is 27.2 Å². The number of fused-ring (bicyclic) bond motifs is 1. The second-order valence-electron chi connectivity index (χ2n) is 6.10. The van der Waals surface area contributed by atoms with Gasteiger partial charge in [0.15, 0.2) is 0 Å². The van der Waals surface area contributed by atoms with Gasteiger partial charge in [0.2, 0.25) is 0 Å². The van der Waals surface area contributed by atoms with Crippen molar-refractivity contribution < 1.29 is 4.74 Å². The van der Waals surface area contributed by atoms with E-state index in [4.69, 9.17) is 10.5 Å². The molecule has 1 aliphatic carbocycles. The van der Waals surface area contributed by atoms with Crippen molar-refractivity contribution in [3.8, 4) is 5.75 Å². The zero-order valence-corrected chi connectivity index (χ0v) is 13.2. The van der Waals surface area contributed by atoms with E-state index >= 15 is 0 Å². The van der Waals surface area contributed by atoms with E-state index < -0.39 is 0 Å². The van der Waals surface area contributed by atoms with Gasteiger partial charge in [-0.25, -0.2) is 4.98 Å². The fourth-order valence-electron chi connectivity index (χ4n) is 2.97. The van der Waals surface area contributed by atoms with E-state index in [-0.39, 0.29) is 0 Å². The van der Waals surface area contributed by atoms with Crippen LogP contribution in [0.4, 0.5) is 5.69 Å². The number of nitrogens with zero attached hydrogens (tertiary/aromatic N) is 1. The van der Waals surface area contributed by atoms with Crippen LogP contribution in [0.3, 0.4) is 0 Å². The molecule has 1 saturated carbocycles. The minimum atomic E-state index is 0.292. The lowest BCUT2D eigenvalue weighted by molar-refractivity contribution is 0.101. The summed E-state index contributed by atoms with van der Waals surface area (Å²) in [6, 6.07) is 3.99. The Hall–Kier alpha value is -1.29. The molecule has 0 bridgehead atoms. The molecule has 2 aromatic rings. The van der Waals surface area contributed by atoms with Gasteiger partial charge < -0.3 is 10.5 Å². The lowest BCUT2D eigenvalue weighted by Crippen LogP contribution is -2.28. The van der Waals surface area contributed by atoms with E-state index in [2.05, 4.69) is 18.8 Å². The molecule has 0 radical (unpaired) electrons. The summed E-state index contributed by atoms with van der Waals surface area (Å²) in [7, 11) is 0. The molecule has 1 fully saturated rings. The highest BCUT2D eigenvalue weighted by molar-refractivity contribution is 7.18. The van der Waals surface area contributed by atoms with Crippen LogP contribution in [-0.4, -0.2) is 11.1 Å². The number of nitrogens with two attached hydrogens (primary N) is 1. The van der Waals surface area contributed by atoms with Gasteiger partial charge in [-0.2, -0.15) is 0 Å². The van der Waals surface area contributed by atoms with Crippen LogP contribution < -0.4 is 10.5 Å². The third-order valence-corrected chi connectivity index (χ3v) is 5.40. The summed E-state index contributed by atoms with van der Waals surface area (Å²) in [5.74, 6) is 2.32. The molecule has 3 nitrogen and oxygen atoms in total. The van der Waals surface area contributed by atoms with Crippen LogP contribution in [0.25, 0.3) is 10.2 Å². The van der Waals surface area contributed by atoms with Gasteiger partial charge in [0, 0.05) is 6.07 Å². The first-order valence-electron chi connectivity index (χ1n) is 7.36. The molecule has 2 N–H and O–H groups in total. The Bertz CT molecular complexity index is 622. The summed E-state index contributed by atoms with van der Waals surface area (Å²) in [6.45, 7) is 6.67. The Morgan fingerprint density at radius 3 is 2.80 bits per heavy atom. The molecule has 3 atom stereocenters. The van der Waals surface area contributed by atoms with E-state index in [1.165, 1.54) is 6.42 Å². The van der Waals surface area contributed by atoms with Crippen molar-refractivity contribution in [1.82, 2.24) is 4.98 Å². The van der Waals surface area contributed by atoms with Crippen molar-refractivity contribution in [2.45, 2.75) is 46.1 Å². The Balaban J connectivity index is 1.81. The summed E-state index contributed by atoms with van der Waals surface area (Å²) in [4.78, 5) is 4.52. The van der Waals surface area contributed by atoms with Gasteiger partial charge in [-0.05, 0) is 44.1 Å². The Morgan fingerprint density at radius 2 is 2.05 bits per heavy atom. The van der Waals surface area contributed by atoms with Crippen LogP contribution in [0, 0.1) is 18.8 Å². The molecule has 0 saturated heterocycles. The second-order valence-corrected chi connectivity index (χ2v) is 7.33.